The van der Waals surface area contributed by atoms with E-state index in [-0.39, 0.29) is 0 Å². The van der Waals surface area contributed by atoms with Crippen LogP contribution in [-0.2, 0) is 4.79 Å². The lowest BCUT2D eigenvalue weighted by Crippen LogP contribution is -2.48. The minimum Gasteiger partial charge on any atom is -0.479 e. The van der Waals surface area contributed by atoms with Crippen molar-refractivity contribution in [3.63, 3.8) is 0 Å². The molecule has 116 valence electrons. The highest BCUT2D eigenvalue weighted by atomic mass is 16.4. The molecule has 6 N–H and O–H groups in total. The summed E-state index contributed by atoms with van der Waals surface area (Å²) < 4.78 is 0. The van der Waals surface area contributed by atoms with Crippen molar-refractivity contribution in [3.8, 4) is 0 Å². The molecule has 0 rings (SSSR count). The Labute approximate surface area is 113 Å². The molecule has 4 unspecified atom stereocenters. The van der Waals surface area contributed by atoms with Crippen LogP contribution in [0.15, 0.2) is 0 Å². The highest BCUT2D eigenvalue weighted by molar-refractivity contribution is 5.72. The van der Waals surface area contributed by atoms with E-state index < -0.39 is 37.0 Å². The molecule has 0 aliphatic heterocycles. The Morgan fingerprint density at radius 3 is 1.63 bits per heavy atom. The van der Waals surface area contributed by atoms with E-state index in [0.717, 1.165) is 0 Å². The van der Waals surface area contributed by atoms with Crippen molar-refractivity contribution in [2.24, 2.45) is 0 Å². The van der Waals surface area contributed by atoms with Gasteiger partial charge in [-0.05, 0) is 0 Å². The van der Waals surface area contributed by atoms with Gasteiger partial charge < -0.3 is 30.6 Å². The molecule has 0 aliphatic rings. The fraction of sp³-hybridized carbons (Fsp3) is 0.917. The average Bonchev–Trinajstić information content (AvgIpc) is 2.42. The Balaban J connectivity index is 0. The van der Waals surface area contributed by atoms with E-state index >= 15 is 0 Å². The maximum Gasteiger partial charge on any atom is 0.335 e. The predicted octanol–water partition coefficient (Wildman–Crippen LogP) is -0.907. The first-order valence-corrected chi connectivity index (χ1v) is 6.39. The number of unbranched alkanes of at least 4 members (excludes halogenated alkanes) is 3. The fourth-order valence-corrected chi connectivity index (χ4v) is 1.17. The van der Waals surface area contributed by atoms with Crippen LogP contribution in [0.5, 0.6) is 0 Å². The third-order valence-corrected chi connectivity index (χ3v) is 2.46. The molecule has 0 saturated carbocycles. The molecule has 0 radical (unpaired) electrons. The molecule has 0 spiro atoms. The maximum atomic E-state index is 10.1. The van der Waals surface area contributed by atoms with Crippen LogP contribution in [0.25, 0.3) is 0 Å². The van der Waals surface area contributed by atoms with E-state index in [1.165, 1.54) is 25.7 Å². The van der Waals surface area contributed by atoms with Gasteiger partial charge in [0.15, 0.2) is 6.10 Å². The maximum absolute atomic E-state index is 10.1. The third kappa shape index (κ3) is 9.80. The Bertz CT molecular complexity index is 218. The molecule has 0 fully saturated rings. The van der Waals surface area contributed by atoms with Gasteiger partial charge in [0, 0.05) is 0 Å². The number of aliphatic carboxylic acids is 1. The van der Waals surface area contributed by atoms with Gasteiger partial charge in [0.2, 0.25) is 0 Å². The first-order chi connectivity index (χ1) is 8.83. The summed E-state index contributed by atoms with van der Waals surface area (Å²) in [6.45, 7) is 3.62. The van der Waals surface area contributed by atoms with Crippen LogP contribution < -0.4 is 0 Å². The van der Waals surface area contributed by atoms with Gasteiger partial charge in [-0.1, -0.05) is 39.5 Å². The molecule has 0 aromatic carbocycles. The first-order valence-electron chi connectivity index (χ1n) is 6.39. The molecule has 0 saturated heterocycles. The normalized spacial score (nSPS) is 16.8. The number of carboxylic acids is 1. The minimum absolute atomic E-state index is 0.843. The van der Waals surface area contributed by atoms with Crippen LogP contribution in [0, 0.1) is 0 Å². The Morgan fingerprint density at radius 2 is 1.37 bits per heavy atom. The fourth-order valence-electron chi connectivity index (χ4n) is 1.17. The summed E-state index contributed by atoms with van der Waals surface area (Å²) in [7, 11) is 0. The zero-order valence-corrected chi connectivity index (χ0v) is 11.4. The Kier molecular flexibility index (Phi) is 13.3. The minimum atomic E-state index is -2.20. The van der Waals surface area contributed by atoms with Gasteiger partial charge in [0.25, 0.3) is 0 Å². The van der Waals surface area contributed by atoms with Crippen LogP contribution >= 0.6 is 0 Å². The number of aliphatic hydroxyl groups is 5. The van der Waals surface area contributed by atoms with E-state index in [1.807, 2.05) is 0 Å². The zero-order valence-electron chi connectivity index (χ0n) is 11.4. The third-order valence-electron chi connectivity index (χ3n) is 2.46. The van der Waals surface area contributed by atoms with Crippen molar-refractivity contribution in [1.29, 1.82) is 0 Å². The molecule has 4 atom stereocenters. The highest BCUT2D eigenvalue weighted by Crippen LogP contribution is 2.04. The lowest BCUT2D eigenvalue weighted by Gasteiger charge is -2.23. The molecule has 0 heterocycles. The number of carboxylic acid groups (broad SMARTS) is 1. The monoisotopic (exact) mass is 282 g/mol. The molecule has 19 heavy (non-hydrogen) atoms. The van der Waals surface area contributed by atoms with E-state index in [1.54, 1.807) is 0 Å². The number of rotatable bonds is 8. The standard InChI is InChI=1S/C6H12O7.C6H14/c7-1-2(8)3(9)4(10)5(11)6(12)13;1-3-5-6-4-2/h2-5,7-11H,1H2,(H,12,13);3-6H2,1-2H3. The Morgan fingerprint density at radius 1 is 0.947 bits per heavy atom. The molecule has 0 aliphatic carbocycles. The second kappa shape index (κ2) is 12.3. The second-order valence-corrected chi connectivity index (χ2v) is 4.22. The summed E-state index contributed by atoms with van der Waals surface area (Å²) in [6.07, 6.45) is -2.30. The molecule has 0 aromatic heterocycles. The van der Waals surface area contributed by atoms with Gasteiger partial charge in [-0.15, -0.1) is 0 Å². The van der Waals surface area contributed by atoms with Gasteiger partial charge in [-0.3, -0.25) is 0 Å². The van der Waals surface area contributed by atoms with Gasteiger partial charge in [-0.2, -0.15) is 0 Å². The van der Waals surface area contributed by atoms with E-state index in [4.69, 9.17) is 30.6 Å². The molecule has 0 amide bonds. The van der Waals surface area contributed by atoms with Crippen LogP contribution in [0.3, 0.4) is 0 Å². The number of hydrogen-bond acceptors (Lipinski definition) is 6. The largest absolute Gasteiger partial charge is 0.479 e. The quantitative estimate of drug-likeness (QED) is 0.317. The second-order valence-electron chi connectivity index (χ2n) is 4.22. The number of aliphatic hydroxyl groups excluding tert-OH is 5. The van der Waals surface area contributed by atoms with Gasteiger partial charge in [0.1, 0.15) is 18.3 Å². The SMILES string of the molecule is CCCCCC.O=C(O)C(O)C(O)C(O)C(O)CO. The van der Waals surface area contributed by atoms with Crippen molar-refractivity contribution >= 4 is 5.97 Å². The van der Waals surface area contributed by atoms with Crippen LogP contribution in [-0.4, -0.2) is 67.6 Å². The Hall–Kier alpha value is -0.730. The van der Waals surface area contributed by atoms with E-state index in [0.29, 0.717) is 0 Å². The van der Waals surface area contributed by atoms with Gasteiger partial charge in [-0.25, -0.2) is 4.79 Å². The van der Waals surface area contributed by atoms with Crippen molar-refractivity contribution in [2.75, 3.05) is 6.61 Å². The smallest absolute Gasteiger partial charge is 0.335 e. The average molecular weight is 282 g/mol. The van der Waals surface area contributed by atoms with Crippen LogP contribution in [0.1, 0.15) is 39.5 Å². The summed E-state index contributed by atoms with van der Waals surface area (Å²) >= 11 is 0. The summed E-state index contributed by atoms with van der Waals surface area (Å²) in [5.41, 5.74) is 0. The van der Waals surface area contributed by atoms with Crippen molar-refractivity contribution < 1.29 is 35.4 Å². The molecule has 7 nitrogen and oxygen atoms in total. The molecule has 7 heteroatoms. The summed E-state index contributed by atoms with van der Waals surface area (Å²) in [5, 5.41) is 51.8. The van der Waals surface area contributed by atoms with Crippen molar-refractivity contribution in [1.82, 2.24) is 0 Å². The molecular weight excluding hydrogens is 256 g/mol. The topological polar surface area (TPSA) is 138 Å². The van der Waals surface area contributed by atoms with E-state index in [9.17, 15) is 4.79 Å². The van der Waals surface area contributed by atoms with Gasteiger partial charge >= 0.3 is 5.97 Å². The van der Waals surface area contributed by atoms with Crippen molar-refractivity contribution in [3.05, 3.63) is 0 Å². The predicted molar refractivity (Wildman–Crippen MR) is 68.6 cm³/mol. The highest BCUT2D eigenvalue weighted by Gasteiger charge is 2.33. The number of carbonyl (C=O) groups is 1. The van der Waals surface area contributed by atoms with Gasteiger partial charge in [0.05, 0.1) is 6.61 Å². The molecule has 0 bridgehead atoms. The first kappa shape index (κ1) is 20.6. The van der Waals surface area contributed by atoms with Crippen LogP contribution in [0.4, 0.5) is 0 Å². The molecule has 0 aromatic rings. The number of hydrogen-bond donors (Lipinski definition) is 6. The summed E-state index contributed by atoms with van der Waals surface area (Å²) in [5.74, 6) is -1.73. The zero-order chi connectivity index (χ0) is 15.4. The van der Waals surface area contributed by atoms with Crippen LogP contribution in [0.2, 0.25) is 0 Å². The lowest BCUT2D eigenvalue weighted by molar-refractivity contribution is -0.164. The van der Waals surface area contributed by atoms with Crippen molar-refractivity contribution in [2.45, 2.75) is 63.9 Å². The molecular formula is C12H26O7. The summed E-state index contributed by atoms with van der Waals surface area (Å²) in [4.78, 5) is 10.1. The summed E-state index contributed by atoms with van der Waals surface area (Å²) in [6, 6.07) is 0. The lowest BCUT2D eigenvalue weighted by atomic mass is 10.0. The van der Waals surface area contributed by atoms with E-state index in [2.05, 4.69) is 13.8 Å².